The number of nitrogens with zero attached hydrogens (tertiary/aromatic N) is 1. The minimum absolute atomic E-state index is 0.362. The van der Waals surface area contributed by atoms with E-state index in [0.717, 1.165) is 34.5 Å². The number of benzene rings is 4. The Morgan fingerprint density at radius 1 is 0.970 bits per heavy atom. The Balaban J connectivity index is 1.44. The van der Waals surface area contributed by atoms with Crippen LogP contribution >= 0.6 is 0 Å². The zero-order chi connectivity index (χ0) is 23.2. The van der Waals surface area contributed by atoms with Gasteiger partial charge in [0.1, 0.15) is 18.2 Å². The van der Waals surface area contributed by atoms with Crippen LogP contribution in [0.25, 0.3) is 10.8 Å². The number of amides is 1. The standard InChI is InChI=1S/C26H20F2N2O3/c1-32-25-13-17(15-29-30-26(31)22-14-20(27)10-11-23(22)28)9-12-24(25)33-16-19-7-4-6-18-5-2-3-8-21(18)19/h2-15H,16H2,1H3,(H,30,31). The van der Waals surface area contributed by atoms with Crippen LogP contribution in [-0.2, 0) is 6.61 Å². The van der Waals surface area contributed by atoms with Crippen molar-refractivity contribution in [2.45, 2.75) is 6.61 Å². The summed E-state index contributed by atoms with van der Waals surface area (Å²) in [7, 11) is 1.52. The van der Waals surface area contributed by atoms with E-state index in [1.807, 2.05) is 24.3 Å². The van der Waals surface area contributed by atoms with E-state index >= 15 is 0 Å². The number of hydrazone groups is 1. The Hall–Kier alpha value is -4.26. The van der Waals surface area contributed by atoms with Gasteiger partial charge in [-0.1, -0.05) is 42.5 Å². The molecule has 0 aliphatic heterocycles. The quantitative estimate of drug-likeness (QED) is 0.303. The fraction of sp³-hybridized carbons (Fsp3) is 0.0769. The molecule has 0 aliphatic carbocycles. The third kappa shape index (κ3) is 5.15. The van der Waals surface area contributed by atoms with Crippen LogP contribution in [-0.4, -0.2) is 19.2 Å². The zero-order valence-corrected chi connectivity index (χ0v) is 17.7. The second-order valence-electron chi connectivity index (χ2n) is 7.16. The molecule has 0 aromatic heterocycles. The van der Waals surface area contributed by atoms with E-state index in [9.17, 15) is 13.6 Å². The zero-order valence-electron chi connectivity index (χ0n) is 17.7. The molecule has 0 saturated heterocycles. The van der Waals surface area contributed by atoms with E-state index in [1.165, 1.54) is 13.3 Å². The maximum atomic E-state index is 13.7. The van der Waals surface area contributed by atoms with Crippen LogP contribution in [0.15, 0.2) is 84.0 Å². The minimum atomic E-state index is -0.856. The van der Waals surface area contributed by atoms with Crippen molar-refractivity contribution in [3.05, 3.63) is 107 Å². The number of fused-ring (bicyclic) bond motifs is 1. The molecule has 0 aliphatic rings. The molecular formula is C26H20F2N2O3. The van der Waals surface area contributed by atoms with Gasteiger partial charge in [-0.3, -0.25) is 4.79 Å². The van der Waals surface area contributed by atoms with Crippen LogP contribution in [0, 0.1) is 11.6 Å². The number of carbonyl (C=O) groups excluding carboxylic acids is 1. The van der Waals surface area contributed by atoms with Gasteiger partial charge in [0.05, 0.1) is 18.9 Å². The Bertz CT molecular complexity index is 1330. The number of ether oxygens (including phenoxy) is 2. The van der Waals surface area contributed by atoms with E-state index in [1.54, 1.807) is 18.2 Å². The van der Waals surface area contributed by atoms with Crippen molar-refractivity contribution in [1.82, 2.24) is 5.43 Å². The summed E-state index contributed by atoms with van der Waals surface area (Å²) in [5.41, 5.74) is 3.42. The van der Waals surface area contributed by atoms with Gasteiger partial charge in [-0.05, 0) is 58.3 Å². The van der Waals surface area contributed by atoms with Crippen LogP contribution < -0.4 is 14.9 Å². The van der Waals surface area contributed by atoms with Crippen LogP contribution in [0.1, 0.15) is 21.5 Å². The highest BCUT2D eigenvalue weighted by Crippen LogP contribution is 2.29. The molecule has 0 spiro atoms. The summed E-state index contributed by atoms with van der Waals surface area (Å²) < 4.78 is 38.3. The van der Waals surface area contributed by atoms with Crippen LogP contribution in [0.2, 0.25) is 0 Å². The fourth-order valence-corrected chi connectivity index (χ4v) is 3.35. The molecule has 0 fully saturated rings. The second kappa shape index (κ2) is 9.91. The lowest BCUT2D eigenvalue weighted by Gasteiger charge is -2.12. The third-order valence-electron chi connectivity index (χ3n) is 5.00. The number of rotatable bonds is 7. The van der Waals surface area contributed by atoms with Crippen molar-refractivity contribution in [1.29, 1.82) is 0 Å². The summed E-state index contributed by atoms with van der Waals surface area (Å²) in [5.74, 6) is -1.37. The molecule has 4 rings (SSSR count). The summed E-state index contributed by atoms with van der Waals surface area (Å²) in [5, 5.41) is 6.07. The molecule has 1 amide bonds. The van der Waals surface area contributed by atoms with Gasteiger partial charge in [0.15, 0.2) is 11.5 Å². The predicted molar refractivity (Wildman–Crippen MR) is 123 cm³/mol. The largest absolute Gasteiger partial charge is 0.493 e. The molecule has 0 unspecified atom stereocenters. The highest BCUT2D eigenvalue weighted by molar-refractivity contribution is 5.95. The molecule has 0 radical (unpaired) electrons. The maximum Gasteiger partial charge on any atom is 0.274 e. The van der Waals surface area contributed by atoms with Crippen molar-refractivity contribution >= 4 is 22.9 Å². The van der Waals surface area contributed by atoms with Gasteiger partial charge in [-0.25, -0.2) is 14.2 Å². The van der Waals surface area contributed by atoms with Crippen molar-refractivity contribution < 1.29 is 23.0 Å². The fourth-order valence-electron chi connectivity index (χ4n) is 3.35. The highest BCUT2D eigenvalue weighted by Gasteiger charge is 2.12. The summed E-state index contributed by atoms with van der Waals surface area (Å²) in [6.45, 7) is 0.362. The number of hydrogen-bond donors (Lipinski definition) is 1. The molecule has 4 aromatic rings. The van der Waals surface area contributed by atoms with Crippen molar-refractivity contribution in [3.8, 4) is 11.5 Å². The molecule has 33 heavy (non-hydrogen) atoms. The molecule has 1 N–H and O–H groups in total. The molecule has 0 heterocycles. The number of methoxy groups -OCH3 is 1. The van der Waals surface area contributed by atoms with Gasteiger partial charge in [-0.2, -0.15) is 5.10 Å². The lowest BCUT2D eigenvalue weighted by Crippen LogP contribution is -2.19. The van der Waals surface area contributed by atoms with E-state index in [4.69, 9.17) is 9.47 Å². The van der Waals surface area contributed by atoms with Crippen molar-refractivity contribution in [3.63, 3.8) is 0 Å². The minimum Gasteiger partial charge on any atom is -0.493 e. The summed E-state index contributed by atoms with van der Waals surface area (Å²) >= 11 is 0. The topological polar surface area (TPSA) is 59.9 Å². The Labute approximate surface area is 189 Å². The second-order valence-corrected chi connectivity index (χ2v) is 7.16. The van der Waals surface area contributed by atoms with E-state index < -0.39 is 23.1 Å². The van der Waals surface area contributed by atoms with Gasteiger partial charge in [0, 0.05) is 0 Å². The Kier molecular flexibility index (Phi) is 6.59. The number of nitrogens with one attached hydrogen (secondary N) is 1. The monoisotopic (exact) mass is 446 g/mol. The summed E-state index contributed by atoms with van der Waals surface area (Å²) in [6.07, 6.45) is 1.37. The molecule has 0 atom stereocenters. The van der Waals surface area contributed by atoms with Crippen LogP contribution in [0.5, 0.6) is 11.5 Å². The van der Waals surface area contributed by atoms with E-state index in [-0.39, 0.29) is 0 Å². The van der Waals surface area contributed by atoms with Gasteiger partial charge in [0.25, 0.3) is 5.91 Å². The number of hydrogen-bond acceptors (Lipinski definition) is 4. The first-order valence-electron chi connectivity index (χ1n) is 10.1. The molecule has 166 valence electrons. The van der Waals surface area contributed by atoms with Gasteiger partial charge in [0.2, 0.25) is 0 Å². The average Bonchev–Trinajstić information content (AvgIpc) is 2.84. The third-order valence-corrected chi connectivity index (χ3v) is 5.00. The number of halogens is 2. The van der Waals surface area contributed by atoms with E-state index in [0.29, 0.717) is 23.7 Å². The first-order valence-corrected chi connectivity index (χ1v) is 10.1. The summed E-state index contributed by atoms with van der Waals surface area (Å²) in [4.78, 5) is 12.0. The van der Waals surface area contributed by atoms with Crippen LogP contribution in [0.3, 0.4) is 0 Å². The molecule has 5 nitrogen and oxygen atoms in total. The van der Waals surface area contributed by atoms with Gasteiger partial charge < -0.3 is 9.47 Å². The van der Waals surface area contributed by atoms with Gasteiger partial charge >= 0.3 is 0 Å². The molecule has 0 saturated carbocycles. The normalized spacial score (nSPS) is 11.0. The van der Waals surface area contributed by atoms with Crippen LogP contribution in [0.4, 0.5) is 8.78 Å². The average molecular weight is 446 g/mol. The van der Waals surface area contributed by atoms with Crippen molar-refractivity contribution in [2.75, 3.05) is 7.11 Å². The smallest absolute Gasteiger partial charge is 0.274 e. The Morgan fingerprint density at radius 2 is 1.79 bits per heavy atom. The first kappa shape index (κ1) is 22.0. The van der Waals surface area contributed by atoms with Gasteiger partial charge in [-0.15, -0.1) is 0 Å². The maximum absolute atomic E-state index is 13.7. The predicted octanol–water partition coefficient (Wildman–Crippen LogP) is 5.47. The lowest BCUT2D eigenvalue weighted by atomic mass is 10.1. The highest BCUT2D eigenvalue weighted by atomic mass is 19.1. The Morgan fingerprint density at radius 3 is 2.64 bits per heavy atom. The molecule has 0 bridgehead atoms. The summed E-state index contributed by atoms with van der Waals surface area (Å²) in [6, 6.07) is 21.9. The lowest BCUT2D eigenvalue weighted by molar-refractivity contribution is 0.0950. The molecule has 7 heteroatoms. The molecular weight excluding hydrogens is 426 g/mol. The SMILES string of the molecule is COc1cc(C=NNC(=O)c2cc(F)ccc2F)ccc1OCc1cccc2ccccc12. The number of carbonyl (C=O) groups is 1. The first-order chi connectivity index (χ1) is 16.0. The molecule has 4 aromatic carbocycles. The van der Waals surface area contributed by atoms with Crippen molar-refractivity contribution in [2.24, 2.45) is 5.10 Å². The van der Waals surface area contributed by atoms with E-state index in [2.05, 4.69) is 28.7 Å².